The molecule has 10 rings (SSSR count). The Labute approximate surface area is 645 Å². The van der Waals surface area contributed by atoms with E-state index in [0.29, 0.717) is 12.8 Å². The van der Waals surface area contributed by atoms with Crippen molar-refractivity contribution in [2.45, 2.75) is 215 Å². The highest BCUT2D eigenvalue weighted by Crippen LogP contribution is 2.53. The predicted molar refractivity (Wildman–Crippen MR) is 396 cm³/mol. The molecule has 4 aromatic rings. The Hall–Kier alpha value is -9.84. The fraction of sp³-hybridized carbons (Fsp3) is 0.544. The number of likely N-dealkylation sites (tertiary alicyclic amines) is 1. The van der Waals surface area contributed by atoms with Crippen molar-refractivity contribution < 1.29 is 117 Å². The molecule has 8 amide bonds. The third-order valence-corrected chi connectivity index (χ3v) is 21.9. The maximum absolute atomic E-state index is 14.6. The summed E-state index contributed by atoms with van der Waals surface area (Å²) in [4.78, 5) is 167. The summed E-state index contributed by atoms with van der Waals surface area (Å²) < 4.78 is 23.4. The summed E-state index contributed by atoms with van der Waals surface area (Å²) in [6.45, 7) is 3.02. The van der Waals surface area contributed by atoms with Gasteiger partial charge >= 0.3 is 5.97 Å². The summed E-state index contributed by atoms with van der Waals surface area (Å²) >= 11 is 0. The van der Waals surface area contributed by atoms with Gasteiger partial charge < -0.3 is 108 Å². The van der Waals surface area contributed by atoms with Gasteiger partial charge in [0, 0.05) is 80.6 Å². The number of aliphatic hydroxyl groups is 6. The fourth-order valence-corrected chi connectivity index (χ4v) is 16.0. The molecule has 2 saturated heterocycles. The number of hydrogen-bond donors (Lipinski definition) is 16. The molecule has 6 aliphatic rings. The minimum absolute atomic E-state index is 0.0192. The molecule has 4 aromatic carbocycles. The lowest BCUT2D eigenvalue weighted by molar-refractivity contribution is -0.249. The van der Waals surface area contributed by atoms with Gasteiger partial charge in [-0.3, -0.25) is 57.5 Å². The Morgan fingerprint density at radius 3 is 1.99 bits per heavy atom. The number of phenols is 2. The quantitative estimate of drug-likeness (QED) is 0.0189. The number of nitrogens with one attached hydrogen (secondary N) is 7. The zero-order valence-electron chi connectivity index (χ0n) is 63.1. The molecule has 0 unspecified atom stereocenters. The van der Waals surface area contributed by atoms with Gasteiger partial charge in [0.05, 0.1) is 73.5 Å². The molecule has 33 heteroatoms. The SMILES string of the molecule is COc1cccc2c1C(=O)c1c(O)c3c(c(O)c1C2=O)C[C@@](O)(C(=O)CO)C[C@@H]3O[C@H]1C[C@H](NC(=O)[C@H](CC(C)C)NC(=O)[C@H](CO)NC(=O)[C@H](CCC(N)=O)NC(=O)[C@@H](NC[C@H](CO)NC(=O)[C@H](C)NC(=O)[C@@H]2C[C@@H](O)CN2C(=O)CCCC(=O)OCC2c3ccccc3-c3ccccc32)C2CCCCC2)[C@H](O)[C@H](C)O1. The topological polar surface area (TPSA) is 517 Å². The average Bonchev–Trinajstić information content (AvgIpc) is 1.05. The zero-order chi connectivity index (χ0) is 81.2. The number of β-amino-alcohol motifs (C(OH)–C–C–N with tert-alkyl or cyclic N) is 1. The van der Waals surface area contributed by atoms with E-state index in [1.54, 1.807) is 13.8 Å². The van der Waals surface area contributed by atoms with Crippen molar-refractivity contribution in [3.8, 4) is 28.4 Å². The Kier molecular flexibility index (Phi) is 28.1. The van der Waals surface area contributed by atoms with E-state index in [4.69, 9.17) is 24.7 Å². The third kappa shape index (κ3) is 19.1. The van der Waals surface area contributed by atoms with Crippen LogP contribution in [0.2, 0.25) is 0 Å². The first-order valence-corrected chi connectivity index (χ1v) is 38.0. The van der Waals surface area contributed by atoms with Crippen molar-refractivity contribution in [3.63, 3.8) is 0 Å². The van der Waals surface area contributed by atoms with Crippen molar-refractivity contribution in [2.24, 2.45) is 17.6 Å². The molecule has 2 heterocycles. The van der Waals surface area contributed by atoms with Gasteiger partial charge in [-0.15, -0.1) is 0 Å². The number of ether oxygens (including phenoxy) is 4. The number of hydrogen-bond acceptors (Lipinski definition) is 25. The van der Waals surface area contributed by atoms with E-state index in [1.807, 2.05) is 48.5 Å². The molecular weight excluding hydrogens is 1460 g/mol. The molecule has 0 radical (unpaired) electrons. The first-order valence-electron chi connectivity index (χ1n) is 38.0. The Morgan fingerprint density at radius 1 is 0.705 bits per heavy atom. The number of carbonyl (C=O) groups is 12. The van der Waals surface area contributed by atoms with Gasteiger partial charge in [-0.05, 0) is 86.1 Å². The maximum Gasteiger partial charge on any atom is 0.305 e. The number of benzene rings is 4. The molecule has 606 valence electrons. The number of nitrogens with zero attached hydrogens (tertiary/aromatic N) is 1. The van der Waals surface area contributed by atoms with Crippen LogP contribution in [0, 0.1) is 11.8 Å². The third-order valence-electron chi connectivity index (χ3n) is 21.9. The van der Waals surface area contributed by atoms with Gasteiger partial charge in [0.15, 0.2) is 17.9 Å². The lowest BCUT2D eigenvalue weighted by Gasteiger charge is -2.43. The largest absolute Gasteiger partial charge is 0.507 e. The van der Waals surface area contributed by atoms with Crippen molar-refractivity contribution in [3.05, 3.63) is 111 Å². The monoisotopic (exact) mass is 1560 g/mol. The van der Waals surface area contributed by atoms with Crippen LogP contribution in [0.3, 0.4) is 0 Å². The number of rotatable bonds is 34. The molecule has 14 atom stereocenters. The van der Waals surface area contributed by atoms with E-state index in [0.717, 1.165) is 41.5 Å². The number of methoxy groups -OCH3 is 1. The molecular formula is C79H101N9O24. The van der Waals surface area contributed by atoms with Crippen molar-refractivity contribution >= 4 is 70.6 Å². The first kappa shape index (κ1) is 84.6. The second-order valence-corrected chi connectivity index (χ2v) is 30.2. The van der Waals surface area contributed by atoms with Gasteiger partial charge in [-0.2, -0.15) is 0 Å². The Morgan fingerprint density at radius 2 is 1.35 bits per heavy atom. The molecule has 0 bridgehead atoms. The summed E-state index contributed by atoms with van der Waals surface area (Å²) in [6, 6.07) is 9.26. The molecule has 1 saturated carbocycles. The molecule has 33 nitrogen and oxygen atoms in total. The lowest BCUT2D eigenvalue weighted by atomic mass is 9.72. The highest BCUT2D eigenvalue weighted by molar-refractivity contribution is 6.31. The van der Waals surface area contributed by atoms with E-state index in [-0.39, 0.29) is 97.6 Å². The average molecular weight is 1560 g/mol. The van der Waals surface area contributed by atoms with Gasteiger partial charge in [0.2, 0.25) is 53.0 Å². The lowest BCUT2D eigenvalue weighted by Crippen LogP contribution is -2.62. The molecule has 112 heavy (non-hydrogen) atoms. The van der Waals surface area contributed by atoms with Crippen molar-refractivity contribution in [1.82, 2.24) is 42.1 Å². The molecule has 2 aliphatic heterocycles. The van der Waals surface area contributed by atoms with Crippen LogP contribution in [-0.4, -0.2) is 241 Å². The number of primary amides is 1. The van der Waals surface area contributed by atoms with E-state index < -0.39 is 230 Å². The number of Topliss-reactive ketones (excluding diaryl/α,β-unsaturated/α-hetero) is 1. The molecule has 3 fully saturated rings. The highest BCUT2D eigenvalue weighted by atomic mass is 16.7. The second-order valence-electron chi connectivity index (χ2n) is 30.2. The maximum atomic E-state index is 14.6. The Balaban J connectivity index is 0.739. The number of aromatic hydroxyl groups is 2. The normalized spacial score (nSPS) is 22.9. The van der Waals surface area contributed by atoms with Crippen LogP contribution in [0.5, 0.6) is 17.2 Å². The predicted octanol–water partition coefficient (Wildman–Crippen LogP) is -0.0748. The van der Waals surface area contributed by atoms with E-state index in [2.05, 4.69) is 37.2 Å². The van der Waals surface area contributed by atoms with E-state index >= 15 is 0 Å². The fourth-order valence-electron chi connectivity index (χ4n) is 16.0. The summed E-state index contributed by atoms with van der Waals surface area (Å²) in [5.74, 6) is -12.7. The van der Waals surface area contributed by atoms with Crippen LogP contribution in [0.15, 0.2) is 66.7 Å². The number of nitrogens with two attached hydrogens (primary N) is 1. The van der Waals surface area contributed by atoms with Crippen molar-refractivity contribution in [2.75, 3.05) is 46.6 Å². The summed E-state index contributed by atoms with van der Waals surface area (Å²) in [7, 11) is 1.26. The summed E-state index contributed by atoms with van der Waals surface area (Å²) in [5.41, 5.74) is 4.95. The van der Waals surface area contributed by atoms with Gasteiger partial charge in [-0.1, -0.05) is 93.8 Å². The van der Waals surface area contributed by atoms with Gasteiger partial charge in [-0.25, -0.2) is 0 Å². The molecule has 17 N–H and O–H groups in total. The number of ketones is 3. The van der Waals surface area contributed by atoms with Crippen LogP contribution in [0.1, 0.15) is 184 Å². The van der Waals surface area contributed by atoms with Crippen molar-refractivity contribution in [1.29, 1.82) is 0 Å². The van der Waals surface area contributed by atoms with Gasteiger partial charge in [0.25, 0.3) is 0 Å². The number of esters is 1. The van der Waals surface area contributed by atoms with Crippen LogP contribution >= 0.6 is 0 Å². The van der Waals surface area contributed by atoms with Crippen LogP contribution in [0.25, 0.3) is 11.1 Å². The molecule has 4 aliphatic carbocycles. The number of amides is 8. The van der Waals surface area contributed by atoms with Crippen LogP contribution in [0.4, 0.5) is 0 Å². The number of aliphatic hydroxyl groups excluding tert-OH is 5. The number of phenolic OH excluding ortho intramolecular Hbond substituents is 2. The first-order chi connectivity index (χ1) is 53.4. The Bertz CT molecular complexity index is 4180. The van der Waals surface area contributed by atoms with Crippen LogP contribution < -0.4 is 47.7 Å². The van der Waals surface area contributed by atoms with Gasteiger partial charge in [0.1, 0.15) is 72.4 Å². The smallest absolute Gasteiger partial charge is 0.305 e. The minimum Gasteiger partial charge on any atom is -0.507 e. The number of carbonyl (C=O) groups excluding carboxylic acids is 12. The highest BCUT2D eigenvalue weighted by Gasteiger charge is 2.51. The molecule has 0 spiro atoms. The number of fused-ring (bicyclic) bond motifs is 6. The van der Waals surface area contributed by atoms with E-state index in [9.17, 15) is 98.4 Å². The second kappa shape index (κ2) is 37.2. The summed E-state index contributed by atoms with van der Waals surface area (Å²) in [6.07, 6.45) is -6.58. The minimum atomic E-state index is -2.50. The molecule has 0 aromatic heterocycles. The van der Waals surface area contributed by atoms with Crippen LogP contribution in [-0.2, 0) is 68.6 Å². The standard InChI is InChI=1S/C79H101N9O24/c1-38(2)27-53(75(104)85-52-29-62(111-40(4)68(52)97)112-57-31-79(108,58(93)36-91)30-49-64(57)72(101)66-65(70(49)99)69(98)48-21-13-22-56(109-5)63(48)71(66)100)86-76(105)54(35-90)87-74(103)51(25-26-59(80)94)84-78(107)67(41-15-7-6-8-16-41)81-32-42(34-89)83-73(102)39(3)82-77(106)55-28-43(92)33-88(55)60(95)23-14-24-61(96)110-37-50-46-19-11-9-17-44(46)45-18-10-12-20-47(45)50/h9-13,17-22,38-43,50-55,57,62,67-68,81,89-92,97,99,101,108H,6-8,14-16,23-37H2,1-5H3,(H2,80,94)(H,82,106)(H,83,102)(H,84,107)(H,85,104)(H,86,105)(H,87,103)/t39-,40-,42+,43+,51-,52-,53-,54-,55-,57-,62-,67-,68+,79-/m0/s1. The summed E-state index contributed by atoms with van der Waals surface area (Å²) in [5, 5.41) is 108. The zero-order valence-corrected chi connectivity index (χ0v) is 63.1. The van der Waals surface area contributed by atoms with E-state index in [1.165, 1.54) is 44.1 Å².